The van der Waals surface area contributed by atoms with Crippen LogP contribution in [-0.2, 0) is 6.18 Å². The van der Waals surface area contributed by atoms with Crippen LogP contribution in [0.1, 0.15) is 5.56 Å². The highest BCUT2D eigenvalue weighted by atomic mass is 35.5. The fraction of sp³-hybridized carbons (Fsp3) is 0.111. The second kappa shape index (κ2) is 7.28. The van der Waals surface area contributed by atoms with Crippen molar-refractivity contribution >= 4 is 34.7 Å². The summed E-state index contributed by atoms with van der Waals surface area (Å²) in [5.74, 6) is -0.257. The van der Waals surface area contributed by atoms with Gasteiger partial charge in [0.05, 0.1) is 5.02 Å². The lowest BCUT2D eigenvalue weighted by molar-refractivity contribution is -0.137. The molecule has 0 fully saturated rings. The quantitative estimate of drug-likeness (QED) is 0.537. The highest BCUT2D eigenvalue weighted by molar-refractivity contribution is 6.31. The van der Waals surface area contributed by atoms with Crippen molar-refractivity contribution in [1.29, 1.82) is 0 Å². The van der Waals surface area contributed by atoms with Gasteiger partial charge in [0.2, 0.25) is 12.7 Å². The zero-order valence-electron chi connectivity index (χ0n) is 14.3. The van der Waals surface area contributed by atoms with Crippen molar-refractivity contribution in [2.24, 2.45) is 0 Å². The monoisotopic (exact) mass is 426 g/mol. The first kappa shape index (κ1) is 19.1. The lowest BCUT2D eigenvalue weighted by atomic mass is 10.2. The van der Waals surface area contributed by atoms with Gasteiger partial charge in [0, 0.05) is 23.6 Å². The van der Waals surface area contributed by atoms with Crippen molar-refractivity contribution in [1.82, 2.24) is 9.97 Å². The molecule has 29 heavy (non-hydrogen) atoms. The van der Waals surface area contributed by atoms with Crippen LogP contribution in [0.15, 0.2) is 42.6 Å². The van der Waals surface area contributed by atoms with E-state index in [4.69, 9.17) is 21.1 Å². The molecule has 0 unspecified atom stereocenters. The van der Waals surface area contributed by atoms with Gasteiger partial charge in [0.25, 0.3) is 0 Å². The first-order chi connectivity index (χ1) is 13.8. The van der Waals surface area contributed by atoms with Gasteiger partial charge in [-0.1, -0.05) is 11.6 Å². The summed E-state index contributed by atoms with van der Waals surface area (Å²) >= 11 is 5.69. The van der Waals surface area contributed by atoms with Crippen LogP contribution in [0.3, 0.4) is 0 Å². The lowest BCUT2D eigenvalue weighted by Gasteiger charge is -2.15. The van der Waals surface area contributed by atoms with E-state index in [1.165, 1.54) is 6.07 Å². The molecule has 0 amide bonds. The summed E-state index contributed by atoms with van der Waals surface area (Å²) in [4.78, 5) is 7.64. The Labute approximate surface area is 166 Å². The predicted molar refractivity (Wildman–Crippen MR) is 97.6 cm³/mol. The Kier molecular flexibility index (Phi) is 4.79. The summed E-state index contributed by atoms with van der Waals surface area (Å²) in [7, 11) is 0. The van der Waals surface area contributed by atoms with E-state index < -0.39 is 23.4 Å². The molecule has 0 spiro atoms. The minimum Gasteiger partial charge on any atom is -0.454 e. The number of benzene rings is 2. The SMILES string of the molecule is Fc1ccc(Nc2nc(Nc3ccc4c(c3)OCO4)ncc2C(F)(F)F)cc1Cl. The maximum absolute atomic E-state index is 13.3. The van der Waals surface area contributed by atoms with Crippen LogP contribution in [0.4, 0.5) is 40.7 Å². The van der Waals surface area contributed by atoms with E-state index in [0.717, 1.165) is 12.1 Å². The molecule has 0 aliphatic carbocycles. The van der Waals surface area contributed by atoms with Crippen LogP contribution in [0.25, 0.3) is 0 Å². The van der Waals surface area contributed by atoms with Gasteiger partial charge >= 0.3 is 6.18 Å². The smallest absolute Gasteiger partial charge is 0.421 e. The van der Waals surface area contributed by atoms with Gasteiger partial charge in [-0.15, -0.1) is 0 Å². The van der Waals surface area contributed by atoms with Gasteiger partial charge in [-0.25, -0.2) is 9.37 Å². The number of nitrogens with one attached hydrogen (secondary N) is 2. The number of halogens is 5. The molecule has 0 saturated carbocycles. The Bertz CT molecular complexity index is 1080. The van der Waals surface area contributed by atoms with E-state index in [1.807, 2.05) is 0 Å². The van der Waals surface area contributed by atoms with E-state index >= 15 is 0 Å². The number of fused-ring (bicyclic) bond motifs is 1. The van der Waals surface area contributed by atoms with Crippen LogP contribution in [0.5, 0.6) is 11.5 Å². The largest absolute Gasteiger partial charge is 0.454 e. The minimum absolute atomic E-state index is 0.0872. The molecule has 150 valence electrons. The molecule has 0 atom stereocenters. The lowest BCUT2D eigenvalue weighted by Crippen LogP contribution is -2.12. The molecule has 0 saturated heterocycles. The van der Waals surface area contributed by atoms with E-state index in [9.17, 15) is 17.6 Å². The molecule has 6 nitrogen and oxygen atoms in total. The van der Waals surface area contributed by atoms with E-state index in [2.05, 4.69) is 20.6 Å². The first-order valence-corrected chi connectivity index (χ1v) is 8.50. The molecule has 1 aromatic heterocycles. The fourth-order valence-electron chi connectivity index (χ4n) is 2.56. The first-order valence-electron chi connectivity index (χ1n) is 8.12. The van der Waals surface area contributed by atoms with E-state index in [0.29, 0.717) is 23.4 Å². The molecular weight excluding hydrogens is 416 g/mol. The van der Waals surface area contributed by atoms with Gasteiger partial charge in [0.1, 0.15) is 17.2 Å². The van der Waals surface area contributed by atoms with Crippen LogP contribution >= 0.6 is 11.6 Å². The predicted octanol–water partition coefficient (Wildman–Crippen LogP) is 5.50. The average molecular weight is 427 g/mol. The molecule has 2 N–H and O–H groups in total. The van der Waals surface area contributed by atoms with E-state index in [1.54, 1.807) is 18.2 Å². The Hall–Kier alpha value is -3.27. The molecule has 2 aromatic carbocycles. The summed E-state index contributed by atoms with van der Waals surface area (Å²) in [5.41, 5.74) is -0.464. The molecule has 1 aliphatic rings. The van der Waals surface area contributed by atoms with Gasteiger partial charge in [-0.3, -0.25) is 0 Å². The fourth-order valence-corrected chi connectivity index (χ4v) is 2.74. The molecule has 4 rings (SSSR count). The number of hydrogen-bond donors (Lipinski definition) is 2. The highest BCUT2D eigenvalue weighted by Gasteiger charge is 2.35. The summed E-state index contributed by atoms with van der Waals surface area (Å²) in [6.07, 6.45) is -4.06. The van der Waals surface area contributed by atoms with Gasteiger partial charge in [-0.2, -0.15) is 18.2 Å². The summed E-state index contributed by atoms with van der Waals surface area (Å²) in [6, 6.07) is 8.33. The zero-order valence-corrected chi connectivity index (χ0v) is 15.1. The number of hydrogen-bond acceptors (Lipinski definition) is 6. The molecule has 1 aliphatic heterocycles. The van der Waals surface area contributed by atoms with Gasteiger partial charge < -0.3 is 20.1 Å². The van der Waals surface area contributed by atoms with Crippen molar-refractivity contribution in [3.05, 3.63) is 59.0 Å². The number of rotatable bonds is 4. The second-order valence-electron chi connectivity index (χ2n) is 5.90. The Morgan fingerprint density at radius 1 is 0.966 bits per heavy atom. The normalized spacial score (nSPS) is 12.7. The maximum Gasteiger partial charge on any atom is 0.421 e. The number of aromatic nitrogens is 2. The molecule has 11 heteroatoms. The number of nitrogens with zero attached hydrogens (tertiary/aromatic N) is 2. The van der Waals surface area contributed by atoms with Crippen molar-refractivity contribution in [2.45, 2.75) is 6.18 Å². The van der Waals surface area contributed by atoms with Gasteiger partial charge in [0.15, 0.2) is 11.5 Å². The Morgan fingerprint density at radius 2 is 1.69 bits per heavy atom. The van der Waals surface area contributed by atoms with Crippen molar-refractivity contribution in [2.75, 3.05) is 17.4 Å². The molecule has 2 heterocycles. The van der Waals surface area contributed by atoms with Crippen LogP contribution in [0, 0.1) is 5.82 Å². The van der Waals surface area contributed by atoms with Crippen molar-refractivity contribution < 1.29 is 27.0 Å². The summed E-state index contributed by atoms with van der Waals surface area (Å²) in [5, 5.41) is 5.08. The average Bonchev–Trinajstić information content (AvgIpc) is 3.12. The third kappa shape index (κ3) is 4.11. The van der Waals surface area contributed by atoms with Crippen LogP contribution < -0.4 is 20.1 Å². The molecule has 3 aromatic rings. The second-order valence-corrected chi connectivity index (χ2v) is 6.31. The minimum atomic E-state index is -4.70. The zero-order chi connectivity index (χ0) is 20.6. The third-order valence-electron chi connectivity index (χ3n) is 3.91. The standard InChI is InChI=1S/C18H11ClF4N4O2/c19-12-5-9(1-3-13(12)20)25-16-11(18(21,22)23)7-24-17(27-16)26-10-2-4-14-15(6-10)29-8-28-14/h1-7H,8H2,(H2,24,25,26,27). The molecule has 0 radical (unpaired) electrons. The van der Waals surface area contributed by atoms with Gasteiger partial charge in [-0.05, 0) is 30.3 Å². The molecule has 0 bridgehead atoms. The summed E-state index contributed by atoms with van der Waals surface area (Å²) in [6.45, 7) is 0.0872. The van der Waals surface area contributed by atoms with E-state index in [-0.39, 0.29) is 23.5 Å². The number of anilines is 4. The topological polar surface area (TPSA) is 68.3 Å². The van der Waals surface area contributed by atoms with Crippen molar-refractivity contribution in [3.63, 3.8) is 0 Å². The van der Waals surface area contributed by atoms with Crippen molar-refractivity contribution in [3.8, 4) is 11.5 Å². The maximum atomic E-state index is 13.3. The summed E-state index contributed by atoms with van der Waals surface area (Å²) < 4.78 is 63.8. The molecular formula is C18H11ClF4N4O2. The van der Waals surface area contributed by atoms with Crippen LogP contribution in [0.2, 0.25) is 5.02 Å². The van der Waals surface area contributed by atoms with Crippen LogP contribution in [-0.4, -0.2) is 16.8 Å². The Morgan fingerprint density at radius 3 is 2.45 bits per heavy atom. The number of alkyl halides is 3. The third-order valence-corrected chi connectivity index (χ3v) is 4.19. The Balaban J connectivity index is 1.65. The highest BCUT2D eigenvalue weighted by Crippen LogP contribution is 2.37. The number of ether oxygens (including phenoxy) is 2.